The largest absolute Gasteiger partial charge is 0.497 e. The summed E-state index contributed by atoms with van der Waals surface area (Å²) in [6, 6.07) is 11.8. The third-order valence-electron chi connectivity index (χ3n) is 5.47. The fraction of sp³-hybridized carbons (Fsp3) is 0.400. The highest BCUT2D eigenvalue weighted by Crippen LogP contribution is 2.42. The van der Waals surface area contributed by atoms with E-state index < -0.39 is 0 Å². The Bertz CT molecular complexity index is 990. The number of aryl methyl sites for hydroxylation is 1. The molecule has 2 aromatic carbocycles. The van der Waals surface area contributed by atoms with Crippen LogP contribution in [0.5, 0.6) is 17.2 Å². The molecule has 3 N–H and O–H groups in total. The van der Waals surface area contributed by atoms with Crippen LogP contribution >= 0.6 is 11.8 Å². The van der Waals surface area contributed by atoms with Gasteiger partial charge in [0.2, 0.25) is 0 Å². The van der Waals surface area contributed by atoms with Gasteiger partial charge in [-0.3, -0.25) is 0 Å². The molecule has 7 heteroatoms. The third-order valence-corrected chi connectivity index (χ3v) is 6.78. The molecule has 172 valence electrons. The van der Waals surface area contributed by atoms with E-state index in [4.69, 9.17) is 30.0 Å². The molecule has 2 atom stereocenters. The van der Waals surface area contributed by atoms with Gasteiger partial charge in [0.1, 0.15) is 23.1 Å². The smallest absolute Gasteiger partial charge is 0.132 e. The van der Waals surface area contributed by atoms with Crippen molar-refractivity contribution in [3.05, 3.63) is 53.6 Å². The number of aliphatic imine (C=N–C) groups is 1. The SMILES string of the molecule is CCC1C(N)=NC(c2ccc(OCCCO)cc2C)=CC1Sc1cc(OC)ccc1OC. The summed E-state index contributed by atoms with van der Waals surface area (Å²) in [5.74, 6) is 3.15. The van der Waals surface area contributed by atoms with E-state index in [1.165, 1.54) is 0 Å². The number of aliphatic hydroxyl groups is 1. The van der Waals surface area contributed by atoms with Crippen molar-refractivity contribution in [3.63, 3.8) is 0 Å². The number of benzene rings is 2. The van der Waals surface area contributed by atoms with Crippen molar-refractivity contribution in [1.29, 1.82) is 0 Å². The van der Waals surface area contributed by atoms with Crippen LogP contribution in [0.1, 0.15) is 30.9 Å². The lowest BCUT2D eigenvalue weighted by atomic mass is 9.94. The lowest BCUT2D eigenvalue weighted by Crippen LogP contribution is -2.33. The van der Waals surface area contributed by atoms with Gasteiger partial charge in [0.05, 0.1) is 31.4 Å². The van der Waals surface area contributed by atoms with E-state index in [0.29, 0.717) is 18.9 Å². The summed E-state index contributed by atoms with van der Waals surface area (Å²) >= 11 is 1.71. The topological polar surface area (TPSA) is 86.3 Å². The Kier molecular flexibility index (Phi) is 8.47. The van der Waals surface area contributed by atoms with Crippen molar-refractivity contribution < 1.29 is 19.3 Å². The maximum absolute atomic E-state index is 8.94. The lowest BCUT2D eigenvalue weighted by molar-refractivity contribution is 0.233. The fourth-order valence-corrected chi connectivity index (χ4v) is 5.14. The number of rotatable bonds is 10. The Morgan fingerprint density at radius 3 is 2.53 bits per heavy atom. The molecule has 0 amide bonds. The molecular weight excluding hydrogens is 424 g/mol. The van der Waals surface area contributed by atoms with Gasteiger partial charge in [-0.15, -0.1) is 11.8 Å². The zero-order valence-corrected chi connectivity index (χ0v) is 19.9. The maximum atomic E-state index is 8.94. The van der Waals surface area contributed by atoms with Gasteiger partial charge in [-0.1, -0.05) is 6.92 Å². The molecule has 0 fully saturated rings. The molecule has 0 radical (unpaired) electrons. The molecule has 1 aliphatic rings. The van der Waals surface area contributed by atoms with Crippen LogP contribution in [0.4, 0.5) is 0 Å². The quantitative estimate of drug-likeness (QED) is 0.505. The molecular formula is C25H32N2O4S. The van der Waals surface area contributed by atoms with Gasteiger partial charge in [0.25, 0.3) is 0 Å². The van der Waals surface area contributed by atoms with E-state index in [1.54, 1.807) is 26.0 Å². The van der Waals surface area contributed by atoms with Gasteiger partial charge in [0, 0.05) is 29.8 Å². The zero-order valence-electron chi connectivity index (χ0n) is 19.1. The molecule has 0 saturated heterocycles. The van der Waals surface area contributed by atoms with Gasteiger partial charge in [0.15, 0.2) is 0 Å². The van der Waals surface area contributed by atoms with E-state index >= 15 is 0 Å². The van der Waals surface area contributed by atoms with E-state index in [9.17, 15) is 0 Å². The van der Waals surface area contributed by atoms with Crippen LogP contribution in [0.3, 0.4) is 0 Å². The summed E-state index contributed by atoms with van der Waals surface area (Å²) in [6.07, 6.45) is 3.69. The average molecular weight is 457 g/mol. The molecule has 0 saturated carbocycles. The summed E-state index contributed by atoms with van der Waals surface area (Å²) in [5, 5.41) is 9.05. The van der Waals surface area contributed by atoms with E-state index in [0.717, 1.165) is 45.4 Å². The van der Waals surface area contributed by atoms with Gasteiger partial charge >= 0.3 is 0 Å². The Hall–Kier alpha value is -2.64. The monoisotopic (exact) mass is 456 g/mol. The second-order valence-corrected chi connectivity index (χ2v) is 8.82. The number of thioether (sulfide) groups is 1. The normalized spacial score (nSPS) is 18.0. The predicted molar refractivity (Wildman–Crippen MR) is 131 cm³/mol. The summed E-state index contributed by atoms with van der Waals surface area (Å²) in [7, 11) is 3.34. The number of nitrogens with zero attached hydrogens (tertiary/aromatic N) is 1. The number of hydrogen-bond acceptors (Lipinski definition) is 7. The third kappa shape index (κ3) is 5.58. The second-order valence-electron chi connectivity index (χ2n) is 7.60. The van der Waals surface area contributed by atoms with E-state index in [-0.39, 0.29) is 17.8 Å². The number of methoxy groups -OCH3 is 2. The predicted octanol–water partition coefficient (Wildman–Crippen LogP) is 4.67. The first-order chi connectivity index (χ1) is 15.5. The van der Waals surface area contributed by atoms with Gasteiger partial charge in [-0.05, 0) is 61.4 Å². The van der Waals surface area contributed by atoms with Crippen molar-refractivity contribution in [1.82, 2.24) is 0 Å². The minimum atomic E-state index is 0.105. The van der Waals surface area contributed by atoms with Gasteiger partial charge in [-0.2, -0.15) is 0 Å². The van der Waals surface area contributed by atoms with Crippen molar-refractivity contribution in [2.45, 2.75) is 36.8 Å². The number of nitrogens with two attached hydrogens (primary N) is 1. The minimum Gasteiger partial charge on any atom is -0.497 e. The number of ether oxygens (including phenoxy) is 3. The van der Waals surface area contributed by atoms with Crippen LogP contribution in [0.2, 0.25) is 0 Å². The van der Waals surface area contributed by atoms with Gasteiger partial charge < -0.3 is 25.1 Å². The van der Waals surface area contributed by atoms with Crippen molar-refractivity contribution in [3.8, 4) is 17.2 Å². The molecule has 0 aliphatic carbocycles. The maximum Gasteiger partial charge on any atom is 0.132 e. The first-order valence-corrected chi connectivity index (χ1v) is 11.7. The highest BCUT2D eigenvalue weighted by atomic mass is 32.2. The fourth-order valence-electron chi connectivity index (χ4n) is 3.70. The molecule has 0 spiro atoms. The van der Waals surface area contributed by atoms with Crippen molar-refractivity contribution in [2.75, 3.05) is 27.4 Å². The lowest BCUT2D eigenvalue weighted by Gasteiger charge is -2.28. The van der Waals surface area contributed by atoms with Crippen LogP contribution in [0.25, 0.3) is 5.70 Å². The summed E-state index contributed by atoms with van der Waals surface area (Å²) in [4.78, 5) is 5.76. The van der Waals surface area contributed by atoms with E-state index in [1.807, 2.05) is 43.3 Å². The number of aliphatic hydroxyl groups excluding tert-OH is 1. The Morgan fingerprint density at radius 1 is 1.09 bits per heavy atom. The Balaban J connectivity index is 1.91. The standard InChI is InChI=1S/C25H32N2O4S/c1-5-19-23(32-24-14-17(29-3)8-10-22(24)30-4)15-21(27-25(19)26)20-9-7-18(13-16(20)2)31-12-6-11-28/h7-10,13-15,19,23,28H,5-6,11-12H2,1-4H3,(H2,26,27). The van der Waals surface area contributed by atoms with Crippen LogP contribution in [-0.4, -0.2) is 43.6 Å². The number of amidine groups is 1. The first-order valence-electron chi connectivity index (χ1n) is 10.8. The average Bonchev–Trinajstić information content (AvgIpc) is 2.79. The molecule has 6 nitrogen and oxygen atoms in total. The second kappa shape index (κ2) is 11.3. The molecule has 2 unspecified atom stereocenters. The van der Waals surface area contributed by atoms with E-state index in [2.05, 4.69) is 13.0 Å². The molecule has 2 aromatic rings. The number of hydrogen-bond donors (Lipinski definition) is 2. The Morgan fingerprint density at radius 2 is 1.88 bits per heavy atom. The Labute approximate surface area is 194 Å². The van der Waals surface area contributed by atoms with Gasteiger partial charge in [-0.25, -0.2) is 4.99 Å². The van der Waals surface area contributed by atoms with Crippen molar-refractivity contribution in [2.24, 2.45) is 16.6 Å². The highest BCUT2D eigenvalue weighted by molar-refractivity contribution is 8.00. The summed E-state index contributed by atoms with van der Waals surface area (Å²) < 4.78 is 16.7. The summed E-state index contributed by atoms with van der Waals surface area (Å²) in [5.41, 5.74) is 9.40. The molecule has 1 heterocycles. The van der Waals surface area contributed by atoms with Crippen LogP contribution in [0.15, 0.2) is 52.4 Å². The van der Waals surface area contributed by atoms with Crippen LogP contribution in [-0.2, 0) is 0 Å². The summed E-state index contributed by atoms with van der Waals surface area (Å²) in [6.45, 7) is 4.78. The van der Waals surface area contributed by atoms with Crippen molar-refractivity contribution >= 4 is 23.3 Å². The molecule has 0 bridgehead atoms. The minimum absolute atomic E-state index is 0.105. The zero-order chi connectivity index (χ0) is 23.1. The van der Waals surface area contributed by atoms with Crippen LogP contribution in [0, 0.1) is 12.8 Å². The molecule has 32 heavy (non-hydrogen) atoms. The molecule has 1 aliphatic heterocycles. The molecule has 0 aromatic heterocycles. The first kappa shape index (κ1) is 24.0. The molecule has 3 rings (SSSR count). The highest BCUT2D eigenvalue weighted by Gasteiger charge is 2.29. The van der Waals surface area contributed by atoms with Crippen LogP contribution < -0.4 is 19.9 Å².